The van der Waals surface area contributed by atoms with E-state index >= 15 is 0 Å². The number of amides is 1. The lowest BCUT2D eigenvalue weighted by atomic mass is 10.1. The molecule has 162 valence electrons. The monoisotopic (exact) mass is 443 g/mol. The Hall–Kier alpha value is -2.79. The highest BCUT2D eigenvalue weighted by atomic mass is 32.2. The minimum atomic E-state index is -4.43. The molecule has 7 nitrogen and oxygen atoms in total. The van der Waals surface area contributed by atoms with Crippen LogP contribution < -0.4 is 14.8 Å². The second-order valence-electron chi connectivity index (χ2n) is 6.74. The zero-order chi connectivity index (χ0) is 22.1. The third kappa shape index (κ3) is 4.68. The number of methoxy groups -OCH3 is 1. The molecule has 1 amide bonds. The molecular weight excluding hydrogens is 423 g/mol. The van der Waals surface area contributed by atoms with E-state index in [9.17, 15) is 26.4 Å². The molecule has 11 heteroatoms. The molecule has 2 N–H and O–H groups in total. The molecule has 1 saturated heterocycles. The van der Waals surface area contributed by atoms with E-state index in [0.29, 0.717) is 18.8 Å². The van der Waals surface area contributed by atoms with Gasteiger partial charge in [-0.25, -0.2) is 13.6 Å². The Balaban J connectivity index is 1.73. The first kappa shape index (κ1) is 21.9. The van der Waals surface area contributed by atoms with Crippen molar-refractivity contribution in [1.82, 2.24) is 4.90 Å². The average molecular weight is 443 g/mol. The first-order valence-electron chi connectivity index (χ1n) is 8.93. The predicted molar refractivity (Wildman–Crippen MR) is 104 cm³/mol. The topological polar surface area (TPSA) is 92.9 Å². The number of hydrogen-bond donors (Lipinski definition) is 1. The predicted octanol–water partition coefficient (Wildman–Crippen LogP) is 2.32. The standard InChI is InChI=1S/C19H20F3N3O4S/c1-29-16-6-5-13(11-17(16)30(23,27)28)18(26)25-9-7-24(8-10-25)15-4-2-3-14(12-15)19(20,21)22/h2-6,11-12H,7-10H2,1H3,(H2,23,27,28). The number of ether oxygens (including phenoxy) is 1. The molecule has 0 unspecified atom stereocenters. The third-order valence-corrected chi connectivity index (χ3v) is 5.75. The summed E-state index contributed by atoms with van der Waals surface area (Å²) in [7, 11) is -2.80. The van der Waals surface area contributed by atoms with Crippen LogP contribution in [0.15, 0.2) is 47.4 Å². The number of halogens is 3. The minimum Gasteiger partial charge on any atom is -0.495 e. The van der Waals surface area contributed by atoms with E-state index in [4.69, 9.17) is 9.88 Å². The Morgan fingerprint density at radius 1 is 1.07 bits per heavy atom. The van der Waals surface area contributed by atoms with Gasteiger partial charge in [-0.3, -0.25) is 4.79 Å². The SMILES string of the molecule is COc1ccc(C(=O)N2CCN(c3cccc(C(F)(F)F)c3)CC2)cc1S(N)(=O)=O. The lowest BCUT2D eigenvalue weighted by Gasteiger charge is -2.36. The summed E-state index contributed by atoms with van der Waals surface area (Å²) in [5, 5.41) is 5.19. The number of anilines is 1. The van der Waals surface area contributed by atoms with Gasteiger partial charge in [0.2, 0.25) is 10.0 Å². The van der Waals surface area contributed by atoms with E-state index in [1.165, 1.54) is 30.2 Å². The van der Waals surface area contributed by atoms with E-state index in [0.717, 1.165) is 18.2 Å². The molecule has 1 aliphatic heterocycles. The Morgan fingerprint density at radius 2 is 1.73 bits per heavy atom. The number of carbonyl (C=O) groups excluding carboxylic acids is 1. The summed E-state index contributed by atoms with van der Waals surface area (Å²) in [6, 6.07) is 8.99. The summed E-state index contributed by atoms with van der Waals surface area (Å²) in [5.41, 5.74) is -0.169. The van der Waals surface area contributed by atoms with Gasteiger partial charge in [0.1, 0.15) is 10.6 Å². The molecule has 30 heavy (non-hydrogen) atoms. The summed E-state index contributed by atoms with van der Waals surface area (Å²) in [4.78, 5) is 15.8. The number of carbonyl (C=O) groups is 1. The maximum atomic E-state index is 12.9. The molecule has 1 heterocycles. The number of nitrogens with zero attached hydrogens (tertiary/aromatic N) is 2. The molecule has 0 bridgehead atoms. The highest BCUT2D eigenvalue weighted by Gasteiger charge is 2.31. The minimum absolute atomic E-state index is 0.0309. The fourth-order valence-corrected chi connectivity index (χ4v) is 3.98. The van der Waals surface area contributed by atoms with E-state index in [-0.39, 0.29) is 29.3 Å². The van der Waals surface area contributed by atoms with Crippen LogP contribution in [0.25, 0.3) is 0 Å². The van der Waals surface area contributed by atoms with E-state index in [1.54, 1.807) is 11.0 Å². The Bertz CT molecular complexity index is 1050. The Labute approximate surface area is 171 Å². The summed E-state index contributed by atoms with van der Waals surface area (Å²) in [5.74, 6) is -0.366. The molecule has 0 aromatic heterocycles. The third-order valence-electron chi connectivity index (χ3n) is 4.82. The fourth-order valence-electron chi connectivity index (χ4n) is 3.26. The van der Waals surface area contributed by atoms with Crippen molar-refractivity contribution >= 4 is 21.6 Å². The van der Waals surface area contributed by atoms with Crippen LogP contribution in [0.3, 0.4) is 0 Å². The molecule has 0 aliphatic carbocycles. The second-order valence-corrected chi connectivity index (χ2v) is 8.27. The first-order valence-corrected chi connectivity index (χ1v) is 10.5. The number of benzene rings is 2. The van der Waals surface area contributed by atoms with Gasteiger partial charge in [0.15, 0.2) is 0 Å². The van der Waals surface area contributed by atoms with Crippen LogP contribution in [-0.4, -0.2) is 52.5 Å². The van der Waals surface area contributed by atoms with Crippen LogP contribution in [-0.2, 0) is 16.2 Å². The van der Waals surface area contributed by atoms with Crippen LogP contribution in [0.4, 0.5) is 18.9 Å². The van der Waals surface area contributed by atoms with Gasteiger partial charge in [-0.1, -0.05) is 6.07 Å². The number of sulfonamides is 1. The second kappa shape index (κ2) is 8.15. The largest absolute Gasteiger partial charge is 0.495 e. The average Bonchev–Trinajstić information content (AvgIpc) is 2.71. The molecule has 2 aromatic carbocycles. The zero-order valence-corrected chi connectivity index (χ0v) is 16.8. The fraction of sp³-hybridized carbons (Fsp3) is 0.316. The summed E-state index contributed by atoms with van der Waals surface area (Å²) in [6.45, 7) is 1.22. The molecule has 0 saturated carbocycles. The quantitative estimate of drug-likeness (QED) is 0.783. The van der Waals surface area contributed by atoms with Crippen molar-refractivity contribution in [2.24, 2.45) is 5.14 Å². The summed E-state index contributed by atoms with van der Waals surface area (Å²) in [6.07, 6.45) is -4.43. The van der Waals surface area contributed by atoms with Crippen molar-refractivity contribution in [1.29, 1.82) is 0 Å². The summed E-state index contributed by atoms with van der Waals surface area (Å²) >= 11 is 0. The van der Waals surface area contributed by atoms with Crippen LogP contribution >= 0.6 is 0 Å². The van der Waals surface area contributed by atoms with E-state index in [2.05, 4.69) is 0 Å². The molecule has 2 aromatic rings. The molecule has 0 radical (unpaired) electrons. The van der Waals surface area contributed by atoms with Gasteiger partial charge >= 0.3 is 6.18 Å². The molecule has 3 rings (SSSR count). The van der Waals surface area contributed by atoms with Gasteiger partial charge in [0.05, 0.1) is 12.7 Å². The maximum Gasteiger partial charge on any atom is 0.416 e. The van der Waals surface area contributed by atoms with Crippen LogP contribution in [0.1, 0.15) is 15.9 Å². The van der Waals surface area contributed by atoms with Crippen LogP contribution in [0.2, 0.25) is 0 Å². The summed E-state index contributed by atoms with van der Waals surface area (Å²) < 4.78 is 67.3. The molecular formula is C19H20F3N3O4S. The zero-order valence-electron chi connectivity index (χ0n) is 16.0. The molecule has 1 aliphatic rings. The Morgan fingerprint density at radius 3 is 2.30 bits per heavy atom. The van der Waals surface area contributed by atoms with Gasteiger partial charge in [0.25, 0.3) is 5.91 Å². The van der Waals surface area contributed by atoms with Crippen molar-refractivity contribution in [2.75, 3.05) is 38.2 Å². The van der Waals surface area contributed by atoms with Gasteiger partial charge in [0, 0.05) is 37.4 Å². The smallest absolute Gasteiger partial charge is 0.416 e. The van der Waals surface area contributed by atoms with Gasteiger partial charge < -0.3 is 14.5 Å². The highest BCUT2D eigenvalue weighted by molar-refractivity contribution is 7.89. The number of nitrogens with two attached hydrogens (primary N) is 1. The van der Waals surface area contributed by atoms with Crippen molar-refractivity contribution in [3.8, 4) is 5.75 Å². The van der Waals surface area contributed by atoms with Crippen molar-refractivity contribution in [2.45, 2.75) is 11.1 Å². The van der Waals surface area contributed by atoms with Gasteiger partial charge in [-0.15, -0.1) is 0 Å². The van der Waals surface area contributed by atoms with Crippen LogP contribution in [0.5, 0.6) is 5.75 Å². The van der Waals surface area contributed by atoms with Crippen molar-refractivity contribution in [3.63, 3.8) is 0 Å². The number of piperazine rings is 1. The van der Waals surface area contributed by atoms with Gasteiger partial charge in [-0.05, 0) is 36.4 Å². The number of rotatable bonds is 4. The molecule has 1 fully saturated rings. The number of primary sulfonamides is 1. The lowest BCUT2D eigenvalue weighted by molar-refractivity contribution is -0.137. The molecule has 0 atom stereocenters. The first-order chi connectivity index (χ1) is 14.0. The van der Waals surface area contributed by atoms with Gasteiger partial charge in [-0.2, -0.15) is 13.2 Å². The number of hydrogen-bond acceptors (Lipinski definition) is 5. The van der Waals surface area contributed by atoms with E-state index < -0.39 is 27.7 Å². The Kier molecular flexibility index (Phi) is 5.95. The highest BCUT2D eigenvalue weighted by Crippen LogP contribution is 2.32. The maximum absolute atomic E-state index is 12.9. The van der Waals surface area contributed by atoms with Crippen molar-refractivity contribution < 1.29 is 31.1 Å². The van der Waals surface area contributed by atoms with Crippen molar-refractivity contribution in [3.05, 3.63) is 53.6 Å². The molecule has 0 spiro atoms. The number of alkyl halides is 3. The normalized spacial score (nSPS) is 15.2. The van der Waals surface area contributed by atoms with Crippen LogP contribution in [0, 0.1) is 0 Å². The van der Waals surface area contributed by atoms with E-state index in [1.807, 2.05) is 0 Å². The lowest BCUT2D eigenvalue weighted by Crippen LogP contribution is -2.48.